The van der Waals surface area contributed by atoms with Gasteiger partial charge in [0.2, 0.25) is 0 Å². The Morgan fingerprint density at radius 2 is 2.14 bits per heavy atom. The van der Waals surface area contributed by atoms with Crippen molar-refractivity contribution in [1.82, 2.24) is 5.32 Å². The Bertz CT molecular complexity index is 490. The molecule has 0 bridgehead atoms. The van der Waals surface area contributed by atoms with E-state index in [-0.39, 0.29) is 4.47 Å². The zero-order valence-corrected chi connectivity index (χ0v) is 13.8. The predicted octanol–water partition coefficient (Wildman–Crippen LogP) is 4.29. The van der Waals surface area contributed by atoms with Crippen LogP contribution in [-0.2, 0) is 6.18 Å². The number of hydrogen-bond donors (Lipinski definition) is 1. The Balaban J connectivity index is 2.22. The Morgan fingerprint density at radius 1 is 1.43 bits per heavy atom. The molecule has 0 aromatic heterocycles. The van der Waals surface area contributed by atoms with Gasteiger partial charge < -0.3 is 10.2 Å². The van der Waals surface area contributed by atoms with Crippen LogP contribution >= 0.6 is 15.9 Å². The minimum Gasteiger partial charge on any atom is -0.369 e. The van der Waals surface area contributed by atoms with Crippen molar-refractivity contribution in [2.24, 2.45) is 5.92 Å². The summed E-state index contributed by atoms with van der Waals surface area (Å²) in [5.41, 5.74) is 0.0268. The second-order valence-electron chi connectivity index (χ2n) is 5.55. The van der Waals surface area contributed by atoms with Crippen molar-refractivity contribution in [3.05, 3.63) is 28.2 Å². The SMILES string of the molecule is CCC(C)C1CN(c2ccc(Br)c(C(F)(F)F)c2)CCN1. The van der Waals surface area contributed by atoms with Crippen LogP contribution in [0.1, 0.15) is 25.8 Å². The third kappa shape index (κ3) is 3.92. The van der Waals surface area contributed by atoms with Crippen molar-refractivity contribution in [3.8, 4) is 0 Å². The molecule has 0 radical (unpaired) electrons. The Labute approximate surface area is 131 Å². The van der Waals surface area contributed by atoms with Crippen LogP contribution in [0.15, 0.2) is 22.7 Å². The summed E-state index contributed by atoms with van der Waals surface area (Å²) in [4.78, 5) is 2.04. The molecule has 1 N–H and O–H groups in total. The molecule has 6 heteroatoms. The topological polar surface area (TPSA) is 15.3 Å². The van der Waals surface area contributed by atoms with E-state index in [0.29, 0.717) is 17.6 Å². The van der Waals surface area contributed by atoms with Crippen molar-refractivity contribution >= 4 is 21.6 Å². The van der Waals surface area contributed by atoms with E-state index in [1.165, 1.54) is 12.1 Å². The lowest BCUT2D eigenvalue weighted by atomic mass is 9.97. The number of nitrogens with zero attached hydrogens (tertiary/aromatic N) is 1. The summed E-state index contributed by atoms with van der Waals surface area (Å²) >= 11 is 2.99. The lowest BCUT2D eigenvalue weighted by Gasteiger charge is -2.38. The molecule has 1 aromatic rings. The van der Waals surface area contributed by atoms with E-state index in [4.69, 9.17) is 0 Å². The van der Waals surface area contributed by atoms with Crippen molar-refractivity contribution in [2.45, 2.75) is 32.5 Å². The van der Waals surface area contributed by atoms with E-state index < -0.39 is 11.7 Å². The lowest BCUT2D eigenvalue weighted by Crippen LogP contribution is -2.53. The molecule has 1 heterocycles. The van der Waals surface area contributed by atoms with Gasteiger partial charge in [0.15, 0.2) is 0 Å². The molecular weight excluding hydrogens is 345 g/mol. The van der Waals surface area contributed by atoms with Gasteiger partial charge in [-0.1, -0.05) is 36.2 Å². The smallest absolute Gasteiger partial charge is 0.369 e. The van der Waals surface area contributed by atoms with Gasteiger partial charge in [0.1, 0.15) is 0 Å². The number of benzene rings is 1. The molecule has 1 aliphatic heterocycles. The van der Waals surface area contributed by atoms with Crippen LogP contribution < -0.4 is 10.2 Å². The molecule has 2 rings (SSSR count). The fraction of sp³-hybridized carbons (Fsp3) is 0.600. The number of nitrogens with one attached hydrogen (secondary N) is 1. The first-order valence-corrected chi connectivity index (χ1v) is 7.97. The number of alkyl halides is 3. The van der Waals surface area contributed by atoms with Crippen LogP contribution in [0.5, 0.6) is 0 Å². The summed E-state index contributed by atoms with van der Waals surface area (Å²) in [6.45, 7) is 6.57. The Hall–Kier alpha value is -0.750. The maximum atomic E-state index is 13.0. The fourth-order valence-corrected chi connectivity index (χ4v) is 3.08. The monoisotopic (exact) mass is 364 g/mol. The van der Waals surface area contributed by atoms with Crippen LogP contribution in [0.3, 0.4) is 0 Å². The largest absolute Gasteiger partial charge is 0.417 e. The first-order chi connectivity index (χ1) is 9.82. The molecule has 2 atom stereocenters. The quantitative estimate of drug-likeness (QED) is 0.860. The number of hydrogen-bond acceptors (Lipinski definition) is 2. The molecule has 0 spiro atoms. The molecule has 0 saturated carbocycles. The van der Waals surface area contributed by atoms with Gasteiger partial charge in [-0.3, -0.25) is 0 Å². The standard InChI is InChI=1S/C15H20BrF3N2/c1-3-10(2)14-9-21(7-6-20-14)11-4-5-13(16)12(8-11)15(17,18)19/h4-5,8,10,14,20H,3,6-7,9H2,1-2H3. The first-order valence-electron chi connectivity index (χ1n) is 7.18. The third-order valence-electron chi connectivity index (χ3n) is 4.16. The van der Waals surface area contributed by atoms with Gasteiger partial charge in [-0.15, -0.1) is 0 Å². The lowest BCUT2D eigenvalue weighted by molar-refractivity contribution is -0.138. The summed E-state index contributed by atoms with van der Waals surface area (Å²) in [5, 5.41) is 3.45. The summed E-state index contributed by atoms with van der Waals surface area (Å²) in [6.07, 6.45) is -3.28. The molecule has 2 nitrogen and oxygen atoms in total. The van der Waals surface area contributed by atoms with E-state index in [1.807, 2.05) is 4.90 Å². The minimum absolute atomic E-state index is 0.0901. The molecule has 1 fully saturated rings. The van der Waals surface area contributed by atoms with Crippen molar-refractivity contribution in [3.63, 3.8) is 0 Å². The molecule has 0 amide bonds. The highest BCUT2D eigenvalue weighted by atomic mass is 79.9. The second kappa shape index (κ2) is 6.57. The molecule has 1 aromatic carbocycles. The zero-order chi connectivity index (χ0) is 15.6. The maximum Gasteiger partial charge on any atom is 0.417 e. The number of halogens is 4. The number of piperazine rings is 1. The van der Waals surface area contributed by atoms with Crippen molar-refractivity contribution in [1.29, 1.82) is 0 Å². The second-order valence-corrected chi connectivity index (χ2v) is 6.41. The third-order valence-corrected chi connectivity index (χ3v) is 4.85. The van der Waals surface area contributed by atoms with Crippen LogP contribution in [0.2, 0.25) is 0 Å². The van der Waals surface area contributed by atoms with E-state index in [9.17, 15) is 13.2 Å². The van der Waals surface area contributed by atoms with Gasteiger partial charge in [0.25, 0.3) is 0 Å². The van der Waals surface area contributed by atoms with E-state index in [1.54, 1.807) is 6.07 Å². The summed E-state index contributed by atoms with van der Waals surface area (Å²) < 4.78 is 39.1. The van der Waals surface area contributed by atoms with Gasteiger partial charge in [-0.2, -0.15) is 13.2 Å². The minimum atomic E-state index is -4.33. The van der Waals surface area contributed by atoms with Gasteiger partial charge in [0.05, 0.1) is 5.56 Å². The summed E-state index contributed by atoms with van der Waals surface area (Å²) in [7, 11) is 0. The van der Waals surface area contributed by atoms with E-state index >= 15 is 0 Å². The average Bonchev–Trinajstić information content (AvgIpc) is 2.46. The molecule has 0 aliphatic carbocycles. The fourth-order valence-electron chi connectivity index (χ4n) is 2.61. The molecule has 1 aliphatic rings. The van der Waals surface area contributed by atoms with Crippen LogP contribution in [0.25, 0.3) is 0 Å². The summed E-state index contributed by atoms with van der Waals surface area (Å²) in [6, 6.07) is 4.79. The normalized spacial score (nSPS) is 21.4. The highest BCUT2D eigenvalue weighted by Gasteiger charge is 2.34. The highest BCUT2D eigenvalue weighted by Crippen LogP contribution is 2.37. The summed E-state index contributed by atoms with van der Waals surface area (Å²) in [5.74, 6) is 0.505. The van der Waals surface area contributed by atoms with Gasteiger partial charge in [-0.25, -0.2) is 0 Å². The highest BCUT2D eigenvalue weighted by molar-refractivity contribution is 9.10. The Kier molecular flexibility index (Phi) is 5.20. The zero-order valence-electron chi connectivity index (χ0n) is 12.2. The number of anilines is 1. The molecule has 21 heavy (non-hydrogen) atoms. The van der Waals surface area contributed by atoms with Gasteiger partial charge in [-0.05, 0) is 24.1 Å². The predicted molar refractivity (Wildman–Crippen MR) is 82.6 cm³/mol. The van der Waals surface area contributed by atoms with Gasteiger partial charge in [0, 0.05) is 35.8 Å². The average molecular weight is 365 g/mol. The number of rotatable bonds is 3. The molecule has 1 saturated heterocycles. The maximum absolute atomic E-state index is 13.0. The van der Waals surface area contributed by atoms with Crippen LogP contribution in [-0.4, -0.2) is 25.7 Å². The van der Waals surface area contributed by atoms with Gasteiger partial charge >= 0.3 is 6.18 Å². The van der Waals surface area contributed by atoms with Crippen molar-refractivity contribution in [2.75, 3.05) is 24.5 Å². The van der Waals surface area contributed by atoms with E-state index in [2.05, 4.69) is 35.1 Å². The Morgan fingerprint density at radius 3 is 2.76 bits per heavy atom. The van der Waals surface area contributed by atoms with Crippen LogP contribution in [0.4, 0.5) is 18.9 Å². The van der Waals surface area contributed by atoms with Crippen molar-refractivity contribution < 1.29 is 13.2 Å². The molecular formula is C15H20BrF3N2. The molecule has 2 unspecified atom stereocenters. The van der Waals surface area contributed by atoms with Crippen LogP contribution in [0, 0.1) is 5.92 Å². The van der Waals surface area contributed by atoms with E-state index in [0.717, 1.165) is 26.1 Å². The first kappa shape index (κ1) is 16.6. The molecule has 118 valence electrons.